The zero-order valence-electron chi connectivity index (χ0n) is 17.4. The number of hydrogen-bond donors (Lipinski definition) is 1. The summed E-state index contributed by atoms with van der Waals surface area (Å²) in [4.78, 5) is 25.7. The van der Waals surface area contributed by atoms with E-state index in [4.69, 9.17) is 28.6 Å². The highest BCUT2D eigenvalue weighted by Gasteiger charge is 2.33. The van der Waals surface area contributed by atoms with Crippen molar-refractivity contribution < 1.29 is 14.3 Å². The second kappa shape index (κ2) is 10.7. The summed E-state index contributed by atoms with van der Waals surface area (Å²) in [5.41, 5.74) is 5.04. The van der Waals surface area contributed by atoms with Crippen molar-refractivity contribution in [3.05, 3.63) is 105 Å². The minimum Gasteiger partial charge on any atom is -0.488 e. The van der Waals surface area contributed by atoms with E-state index in [2.05, 4.69) is 5.43 Å². The number of ether oxygens (including phenoxy) is 1. The van der Waals surface area contributed by atoms with Gasteiger partial charge in [0.15, 0.2) is 4.32 Å². The Hall–Kier alpha value is -3.13. The molecule has 0 radical (unpaired) electrons. The van der Waals surface area contributed by atoms with Crippen LogP contribution in [0.25, 0.3) is 6.08 Å². The van der Waals surface area contributed by atoms with E-state index in [0.29, 0.717) is 22.3 Å². The number of hydrogen-bond acceptors (Lipinski definition) is 5. The Kier molecular flexibility index (Phi) is 7.44. The van der Waals surface area contributed by atoms with E-state index in [1.807, 2.05) is 78.9 Å². The molecule has 0 atom stereocenters. The van der Waals surface area contributed by atoms with Gasteiger partial charge in [-0.05, 0) is 36.0 Å². The standard InChI is InChI=1S/C25H19ClN2O3S2/c26-20-12-6-4-11-19(20)16-31-21-13-7-5-10-18(21)15-22-24(30)28(25(32)33-22)27-23(29)14-17-8-2-1-3-9-17/h1-13,15H,14,16H2,(H,27,29). The third-order valence-corrected chi connectivity index (χ3v) is 6.46. The van der Waals surface area contributed by atoms with E-state index >= 15 is 0 Å². The van der Waals surface area contributed by atoms with Crippen LogP contribution in [0.15, 0.2) is 83.8 Å². The van der Waals surface area contributed by atoms with Gasteiger partial charge in [0, 0.05) is 16.1 Å². The van der Waals surface area contributed by atoms with Crippen molar-refractivity contribution in [3.8, 4) is 5.75 Å². The number of rotatable bonds is 7. The van der Waals surface area contributed by atoms with Gasteiger partial charge in [0.2, 0.25) is 5.91 Å². The molecule has 1 saturated heterocycles. The smallest absolute Gasteiger partial charge is 0.285 e. The molecular formula is C25H19ClN2O3S2. The molecule has 0 unspecified atom stereocenters. The summed E-state index contributed by atoms with van der Waals surface area (Å²) in [7, 11) is 0. The van der Waals surface area contributed by atoms with E-state index in [0.717, 1.165) is 33.5 Å². The molecule has 2 amide bonds. The van der Waals surface area contributed by atoms with Gasteiger partial charge in [-0.1, -0.05) is 90.1 Å². The molecule has 0 aliphatic carbocycles. The SMILES string of the molecule is O=C(Cc1ccccc1)NN1C(=O)C(=Cc2ccccc2OCc2ccccc2Cl)SC1=S. The normalized spacial score (nSPS) is 14.6. The Bertz CT molecular complexity index is 1230. The summed E-state index contributed by atoms with van der Waals surface area (Å²) in [6, 6.07) is 24.1. The molecule has 3 aromatic rings. The predicted molar refractivity (Wildman–Crippen MR) is 136 cm³/mol. The quantitative estimate of drug-likeness (QED) is 0.352. The number of benzene rings is 3. The van der Waals surface area contributed by atoms with E-state index in [9.17, 15) is 9.59 Å². The third kappa shape index (κ3) is 5.82. The number of amides is 2. The highest BCUT2D eigenvalue weighted by atomic mass is 35.5. The molecule has 33 heavy (non-hydrogen) atoms. The van der Waals surface area contributed by atoms with Crippen molar-refractivity contribution in [2.75, 3.05) is 0 Å². The first kappa shape index (κ1) is 23.0. The zero-order chi connectivity index (χ0) is 23.2. The number of nitrogens with zero attached hydrogens (tertiary/aromatic N) is 1. The molecule has 1 heterocycles. The van der Waals surface area contributed by atoms with Crippen molar-refractivity contribution in [2.24, 2.45) is 0 Å². The van der Waals surface area contributed by atoms with Crippen molar-refractivity contribution >= 4 is 57.8 Å². The van der Waals surface area contributed by atoms with Gasteiger partial charge >= 0.3 is 0 Å². The van der Waals surface area contributed by atoms with Crippen LogP contribution in [0.3, 0.4) is 0 Å². The molecule has 0 aromatic heterocycles. The van der Waals surface area contributed by atoms with E-state index in [-0.39, 0.29) is 22.6 Å². The Morgan fingerprint density at radius 1 is 1.03 bits per heavy atom. The number of carbonyl (C=O) groups excluding carboxylic acids is 2. The summed E-state index contributed by atoms with van der Waals surface area (Å²) in [6.07, 6.45) is 1.86. The molecule has 1 aliphatic rings. The van der Waals surface area contributed by atoms with Crippen LogP contribution in [0, 0.1) is 0 Å². The molecule has 8 heteroatoms. The number of carbonyl (C=O) groups is 2. The van der Waals surface area contributed by atoms with Gasteiger partial charge in [-0.15, -0.1) is 0 Å². The average Bonchev–Trinajstić information content (AvgIpc) is 3.07. The maximum atomic E-state index is 12.9. The van der Waals surface area contributed by atoms with Crippen LogP contribution in [0.4, 0.5) is 0 Å². The van der Waals surface area contributed by atoms with Gasteiger partial charge in [0.1, 0.15) is 12.4 Å². The maximum Gasteiger partial charge on any atom is 0.285 e. The summed E-state index contributed by atoms with van der Waals surface area (Å²) < 4.78 is 6.23. The van der Waals surface area contributed by atoms with Gasteiger partial charge in [0.25, 0.3) is 5.91 Å². The lowest BCUT2D eigenvalue weighted by atomic mass is 10.1. The molecule has 1 fully saturated rings. The molecular weight excluding hydrogens is 476 g/mol. The lowest BCUT2D eigenvalue weighted by Gasteiger charge is -2.15. The number of thioether (sulfide) groups is 1. The van der Waals surface area contributed by atoms with E-state index in [1.54, 1.807) is 6.08 Å². The number of hydrazine groups is 1. The first-order chi connectivity index (χ1) is 16.0. The van der Waals surface area contributed by atoms with Crippen molar-refractivity contribution in [1.29, 1.82) is 0 Å². The van der Waals surface area contributed by atoms with Gasteiger partial charge in [-0.3, -0.25) is 15.0 Å². The number of nitrogens with one attached hydrogen (secondary N) is 1. The Labute approximate surface area is 206 Å². The molecule has 1 N–H and O–H groups in total. The zero-order valence-corrected chi connectivity index (χ0v) is 19.8. The van der Waals surface area contributed by atoms with Crippen LogP contribution in [-0.2, 0) is 22.6 Å². The fraction of sp³-hybridized carbons (Fsp3) is 0.0800. The van der Waals surface area contributed by atoms with Crippen molar-refractivity contribution in [1.82, 2.24) is 10.4 Å². The van der Waals surface area contributed by atoms with E-state index in [1.165, 1.54) is 0 Å². The Morgan fingerprint density at radius 2 is 1.73 bits per heavy atom. The van der Waals surface area contributed by atoms with Crippen LogP contribution >= 0.6 is 35.6 Å². The van der Waals surface area contributed by atoms with Gasteiger partial charge in [0.05, 0.1) is 11.3 Å². The minimum atomic E-state index is -0.382. The Morgan fingerprint density at radius 3 is 2.52 bits per heavy atom. The maximum absolute atomic E-state index is 12.9. The van der Waals surface area contributed by atoms with Gasteiger partial charge in [-0.2, -0.15) is 5.01 Å². The lowest BCUT2D eigenvalue weighted by Crippen LogP contribution is -2.45. The number of para-hydroxylation sites is 1. The summed E-state index contributed by atoms with van der Waals surface area (Å²) in [6.45, 7) is 0.293. The predicted octanol–water partition coefficient (Wildman–Crippen LogP) is 5.39. The topological polar surface area (TPSA) is 58.6 Å². The summed E-state index contributed by atoms with van der Waals surface area (Å²) >= 11 is 12.7. The lowest BCUT2D eigenvalue weighted by molar-refractivity contribution is -0.132. The van der Waals surface area contributed by atoms with Crippen LogP contribution in [-0.4, -0.2) is 21.1 Å². The van der Waals surface area contributed by atoms with E-state index < -0.39 is 0 Å². The second-order valence-corrected chi connectivity index (χ2v) is 9.22. The largest absolute Gasteiger partial charge is 0.488 e. The molecule has 4 rings (SSSR count). The first-order valence-corrected chi connectivity index (χ1v) is 11.7. The monoisotopic (exact) mass is 494 g/mol. The molecule has 166 valence electrons. The molecule has 1 aliphatic heterocycles. The summed E-state index contributed by atoms with van der Waals surface area (Å²) in [5, 5.41) is 1.74. The second-order valence-electron chi connectivity index (χ2n) is 7.13. The fourth-order valence-corrected chi connectivity index (χ4v) is 4.51. The molecule has 0 spiro atoms. The molecule has 3 aromatic carbocycles. The number of thiocarbonyl (C=S) groups is 1. The van der Waals surface area contributed by atoms with Crippen LogP contribution in [0.2, 0.25) is 5.02 Å². The minimum absolute atomic E-state index is 0.148. The molecule has 5 nitrogen and oxygen atoms in total. The highest BCUT2D eigenvalue weighted by molar-refractivity contribution is 8.26. The number of halogens is 1. The summed E-state index contributed by atoms with van der Waals surface area (Å²) in [5.74, 6) is -0.0923. The average molecular weight is 495 g/mol. The third-order valence-electron chi connectivity index (χ3n) is 4.78. The highest BCUT2D eigenvalue weighted by Crippen LogP contribution is 2.33. The van der Waals surface area contributed by atoms with Crippen molar-refractivity contribution in [2.45, 2.75) is 13.0 Å². The molecule has 0 bridgehead atoms. The van der Waals surface area contributed by atoms with Crippen LogP contribution < -0.4 is 10.2 Å². The fourth-order valence-electron chi connectivity index (χ4n) is 3.15. The first-order valence-electron chi connectivity index (χ1n) is 10.1. The Balaban J connectivity index is 1.46. The molecule has 0 saturated carbocycles. The van der Waals surface area contributed by atoms with Crippen molar-refractivity contribution in [3.63, 3.8) is 0 Å². The van der Waals surface area contributed by atoms with Crippen LogP contribution in [0.1, 0.15) is 16.7 Å². The van der Waals surface area contributed by atoms with Gasteiger partial charge in [-0.25, -0.2) is 0 Å². The van der Waals surface area contributed by atoms with Crippen LogP contribution in [0.5, 0.6) is 5.75 Å². The van der Waals surface area contributed by atoms with Gasteiger partial charge < -0.3 is 4.74 Å².